The summed E-state index contributed by atoms with van der Waals surface area (Å²) in [5, 5.41) is 10.4. The second kappa shape index (κ2) is 4.93. The minimum Gasteiger partial charge on any atom is -0.477 e. The number of anilines is 1. The minimum absolute atomic E-state index is 0.0321. The van der Waals surface area contributed by atoms with E-state index in [2.05, 4.69) is 28.9 Å². The molecule has 0 bridgehead atoms. The summed E-state index contributed by atoms with van der Waals surface area (Å²) in [4.78, 5) is 18.0. The SMILES string of the molecule is CCc1ccc2c(N3CC(C4(N)CC4)C3)cc(C(=O)O)nc2c1. The summed E-state index contributed by atoms with van der Waals surface area (Å²) in [6.45, 7) is 3.90. The monoisotopic (exact) mass is 311 g/mol. The van der Waals surface area contributed by atoms with E-state index in [1.165, 1.54) is 5.56 Å². The molecule has 1 saturated heterocycles. The third-order valence-corrected chi connectivity index (χ3v) is 5.34. The zero-order valence-electron chi connectivity index (χ0n) is 13.2. The molecule has 2 heterocycles. The van der Waals surface area contributed by atoms with E-state index in [0.29, 0.717) is 5.92 Å². The molecule has 1 aliphatic heterocycles. The van der Waals surface area contributed by atoms with Crippen molar-refractivity contribution in [2.24, 2.45) is 11.7 Å². The average molecular weight is 311 g/mol. The average Bonchev–Trinajstić information content (AvgIpc) is 3.22. The first kappa shape index (κ1) is 14.5. The van der Waals surface area contributed by atoms with Crippen LogP contribution in [0.25, 0.3) is 10.9 Å². The van der Waals surface area contributed by atoms with E-state index in [1.54, 1.807) is 6.07 Å². The van der Waals surface area contributed by atoms with Crippen LogP contribution in [0.5, 0.6) is 0 Å². The molecule has 2 aliphatic rings. The van der Waals surface area contributed by atoms with Gasteiger partial charge in [-0.05, 0) is 37.0 Å². The van der Waals surface area contributed by atoms with E-state index in [-0.39, 0.29) is 11.2 Å². The molecule has 120 valence electrons. The number of aromatic nitrogens is 1. The fourth-order valence-corrected chi connectivity index (χ4v) is 3.44. The summed E-state index contributed by atoms with van der Waals surface area (Å²) >= 11 is 0. The Balaban J connectivity index is 1.74. The van der Waals surface area contributed by atoms with Gasteiger partial charge in [0.25, 0.3) is 0 Å². The highest BCUT2D eigenvalue weighted by Gasteiger charge is 2.50. The molecule has 0 unspecified atom stereocenters. The fraction of sp³-hybridized carbons (Fsp3) is 0.444. The summed E-state index contributed by atoms with van der Waals surface area (Å²) in [6, 6.07) is 7.85. The molecule has 5 nitrogen and oxygen atoms in total. The normalized spacial score (nSPS) is 19.7. The zero-order chi connectivity index (χ0) is 16.2. The van der Waals surface area contributed by atoms with Gasteiger partial charge in [0.1, 0.15) is 0 Å². The molecule has 1 aliphatic carbocycles. The van der Waals surface area contributed by atoms with Gasteiger partial charge in [-0.1, -0.05) is 19.1 Å². The van der Waals surface area contributed by atoms with Crippen LogP contribution in [0.2, 0.25) is 0 Å². The van der Waals surface area contributed by atoms with Crippen molar-refractivity contribution >= 4 is 22.6 Å². The first-order chi connectivity index (χ1) is 11.0. The lowest BCUT2D eigenvalue weighted by molar-refractivity contribution is 0.0691. The predicted molar refractivity (Wildman–Crippen MR) is 89.9 cm³/mol. The Morgan fingerprint density at radius 2 is 2.13 bits per heavy atom. The topological polar surface area (TPSA) is 79.5 Å². The number of hydrogen-bond donors (Lipinski definition) is 2. The van der Waals surface area contributed by atoms with E-state index < -0.39 is 5.97 Å². The highest BCUT2D eigenvalue weighted by Crippen LogP contribution is 2.45. The van der Waals surface area contributed by atoms with Gasteiger partial charge in [-0.25, -0.2) is 9.78 Å². The number of carboxylic acids is 1. The lowest BCUT2D eigenvalue weighted by atomic mass is 9.89. The van der Waals surface area contributed by atoms with Crippen molar-refractivity contribution in [2.75, 3.05) is 18.0 Å². The molecule has 1 saturated carbocycles. The maximum Gasteiger partial charge on any atom is 0.354 e. The van der Waals surface area contributed by atoms with Gasteiger partial charge in [-0.2, -0.15) is 0 Å². The van der Waals surface area contributed by atoms with Crippen molar-refractivity contribution in [2.45, 2.75) is 31.7 Å². The summed E-state index contributed by atoms with van der Waals surface area (Å²) in [6.07, 6.45) is 3.14. The molecule has 23 heavy (non-hydrogen) atoms. The molecule has 0 radical (unpaired) electrons. The van der Waals surface area contributed by atoms with Crippen LogP contribution in [0.15, 0.2) is 24.3 Å². The molecule has 5 heteroatoms. The van der Waals surface area contributed by atoms with Crippen LogP contribution in [0, 0.1) is 5.92 Å². The zero-order valence-corrected chi connectivity index (χ0v) is 13.2. The van der Waals surface area contributed by atoms with E-state index in [0.717, 1.165) is 48.9 Å². The maximum atomic E-state index is 11.4. The van der Waals surface area contributed by atoms with Gasteiger partial charge in [0.05, 0.1) is 5.52 Å². The van der Waals surface area contributed by atoms with Crippen LogP contribution < -0.4 is 10.6 Å². The number of hydrogen-bond acceptors (Lipinski definition) is 4. The summed E-state index contributed by atoms with van der Waals surface area (Å²) < 4.78 is 0. The number of aryl methyl sites for hydroxylation is 1. The van der Waals surface area contributed by atoms with Crippen LogP contribution in [0.3, 0.4) is 0 Å². The minimum atomic E-state index is -0.982. The van der Waals surface area contributed by atoms with Crippen molar-refractivity contribution in [3.8, 4) is 0 Å². The number of carboxylic acid groups (broad SMARTS) is 1. The number of aromatic carboxylic acids is 1. The fourth-order valence-electron chi connectivity index (χ4n) is 3.44. The van der Waals surface area contributed by atoms with Crippen molar-refractivity contribution in [3.05, 3.63) is 35.5 Å². The molecule has 0 atom stereocenters. The predicted octanol–water partition coefficient (Wildman–Crippen LogP) is 2.42. The molecular weight excluding hydrogens is 290 g/mol. The first-order valence-corrected chi connectivity index (χ1v) is 8.21. The lowest BCUT2D eigenvalue weighted by Gasteiger charge is -2.44. The van der Waals surface area contributed by atoms with Crippen LogP contribution >= 0.6 is 0 Å². The van der Waals surface area contributed by atoms with Crippen LogP contribution in [-0.4, -0.2) is 34.7 Å². The van der Waals surface area contributed by atoms with Gasteiger partial charge in [0, 0.05) is 35.6 Å². The Labute approximate surface area is 135 Å². The quantitative estimate of drug-likeness (QED) is 0.906. The standard InChI is InChI=1S/C18H21N3O2/c1-2-11-3-4-13-14(7-11)20-15(17(22)23)8-16(13)21-9-12(10-21)18(19)5-6-18/h3-4,7-8,12H,2,5-6,9-10,19H2,1H3,(H,22,23). The van der Waals surface area contributed by atoms with Gasteiger partial charge < -0.3 is 15.7 Å². The number of rotatable bonds is 4. The molecule has 0 spiro atoms. The highest BCUT2D eigenvalue weighted by molar-refractivity contribution is 5.98. The van der Waals surface area contributed by atoms with Crippen molar-refractivity contribution in [1.82, 2.24) is 4.98 Å². The summed E-state index contributed by atoms with van der Waals surface area (Å²) in [5.74, 6) is -0.460. The number of nitrogens with zero attached hydrogens (tertiary/aromatic N) is 2. The number of carbonyl (C=O) groups is 1. The van der Waals surface area contributed by atoms with Crippen LogP contribution in [0.1, 0.15) is 35.8 Å². The Bertz CT molecular complexity index is 792. The van der Waals surface area contributed by atoms with Crippen LogP contribution in [-0.2, 0) is 6.42 Å². The van der Waals surface area contributed by atoms with Gasteiger partial charge in [0.2, 0.25) is 0 Å². The molecule has 0 amide bonds. The maximum absolute atomic E-state index is 11.4. The molecule has 2 fully saturated rings. The Kier molecular flexibility index (Phi) is 3.10. The first-order valence-electron chi connectivity index (χ1n) is 8.21. The van der Waals surface area contributed by atoms with Gasteiger partial charge in [-0.15, -0.1) is 0 Å². The summed E-state index contributed by atoms with van der Waals surface area (Å²) in [5.41, 5.74) is 9.32. The number of benzene rings is 1. The van der Waals surface area contributed by atoms with Crippen molar-refractivity contribution in [1.29, 1.82) is 0 Å². The van der Waals surface area contributed by atoms with Crippen LogP contribution in [0.4, 0.5) is 5.69 Å². The smallest absolute Gasteiger partial charge is 0.354 e. The molecular formula is C18H21N3O2. The second-order valence-corrected chi connectivity index (χ2v) is 6.87. The Morgan fingerprint density at radius 1 is 1.39 bits per heavy atom. The molecule has 1 aromatic carbocycles. The van der Waals surface area contributed by atoms with Crippen molar-refractivity contribution < 1.29 is 9.90 Å². The number of nitrogens with two attached hydrogens (primary N) is 1. The van der Waals surface area contributed by atoms with E-state index >= 15 is 0 Å². The van der Waals surface area contributed by atoms with Crippen molar-refractivity contribution in [3.63, 3.8) is 0 Å². The van der Waals surface area contributed by atoms with E-state index in [4.69, 9.17) is 5.73 Å². The van der Waals surface area contributed by atoms with E-state index in [9.17, 15) is 9.90 Å². The van der Waals surface area contributed by atoms with E-state index in [1.807, 2.05) is 6.07 Å². The Hall–Kier alpha value is -2.14. The highest BCUT2D eigenvalue weighted by atomic mass is 16.4. The molecule has 4 rings (SSSR count). The van der Waals surface area contributed by atoms with Gasteiger partial charge in [-0.3, -0.25) is 0 Å². The Morgan fingerprint density at radius 3 is 2.74 bits per heavy atom. The molecule has 2 aromatic rings. The third-order valence-electron chi connectivity index (χ3n) is 5.34. The number of fused-ring (bicyclic) bond motifs is 1. The lowest BCUT2D eigenvalue weighted by Crippen LogP contribution is -2.56. The molecule has 1 aromatic heterocycles. The third kappa shape index (κ3) is 2.36. The molecule has 3 N–H and O–H groups in total. The van der Waals surface area contributed by atoms with Gasteiger partial charge in [0.15, 0.2) is 5.69 Å². The van der Waals surface area contributed by atoms with Gasteiger partial charge >= 0.3 is 5.97 Å². The number of pyridine rings is 1. The second-order valence-electron chi connectivity index (χ2n) is 6.87. The largest absolute Gasteiger partial charge is 0.477 e. The summed E-state index contributed by atoms with van der Waals surface area (Å²) in [7, 11) is 0.